The third kappa shape index (κ3) is 7.26. The van der Waals surface area contributed by atoms with E-state index in [2.05, 4.69) is 21.3 Å². The molecular weight excluding hydrogens is 624 g/mol. The Balaban J connectivity index is 1.21. The van der Waals surface area contributed by atoms with Gasteiger partial charge < -0.3 is 27.0 Å². The van der Waals surface area contributed by atoms with Crippen LogP contribution in [0.2, 0.25) is 0 Å². The van der Waals surface area contributed by atoms with E-state index in [1.54, 1.807) is 0 Å². The molecule has 47 heavy (non-hydrogen) atoms. The largest absolute Gasteiger partial charge is 0.368 e. The summed E-state index contributed by atoms with van der Waals surface area (Å²) in [5.41, 5.74) is 4.01. The zero-order valence-corrected chi connectivity index (χ0v) is 27.3. The van der Waals surface area contributed by atoms with Crippen LogP contribution in [0.4, 0.5) is 5.69 Å². The van der Waals surface area contributed by atoms with Crippen LogP contribution in [0.3, 0.4) is 0 Å². The standard InChI is InChI=1S/C33H44N6O7S/c34-28(41)23-4-1-2-9-35-30(43)24(36-27(40)17-32-14-19-10-20(15-32)12-21(11-19)16-32)18-47-26-6-5-22(13-25(26)39(45)46)29(42)38-33(7-3-8-33)31(44)37-23/h5-6,13,19-21,23-24H,1-4,7-12,14-18H2,(H2,34,41)(H,35,43)(H,36,40)(H,37,44)(H,38,42)/t19?,20?,21?,23-,24-,32?/m1/s1. The van der Waals surface area contributed by atoms with Crippen LogP contribution in [0.1, 0.15) is 93.8 Å². The lowest BCUT2D eigenvalue weighted by Crippen LogP contribution is -2.65. The Bertz CT molecular complexity index is 1430. The number of carbonyl (C=O) groups is 5. The van der Waals surface area contributed by atoms with Crippen molar-refractivity contribution in [3.8, 4) is 0 Å². The number of hydrogen-bond donors (Lipinski definition) is 5. The number of primary amides is 1. The zero-order valence-electron chi connectivity index (χ0n) is 26.5. The van der Waals surface area contributed by atoms with Gasteiger partial charge in [-0.25, -0.2) is 0 Å². The third-order valence-corrected chi connectivity index (χ3v) is 12.2. The average Bonchev–Trinajstić information content (AvgIpc) is 2.98. The molecule has 8 rings (SSSR count). The Morgan fingerprint density at radius 3 is 2.30 bits per heavy atom. The number of nitrogens with one attached hydrogen (secondary N) is 4. The fourth-order valence-electron chi connectivity index (χ4n) is 8.99. The van der Waals surface area contributed by atoms with Crippen molar-refractivity contribution in [3.63, 3.8) is 0 Å². The first-order valence-electron chi connectivity index (χ1n) is 16.9. The van der Waals surface area contributed by atoms with Gasteiger partial charge >= 0.3 is 0 Å². The molecule has 5 amide bonds. The molecule has 13 nitrogen and oxygen atoms in total. The molecule has 5 saturated carbocycles. The summed E-state index contributed by atoms with van der Waals surface area (Å²) < 4.78 is 0. The van der Waals surface area contributed by atoms with Crippen LogP contribution in [0, 0.1) is 33.3 Å². The van der Waals surface area contributed by atoms with Crippen LogP contribution in [-0.4, -0.2) is 64.4 Å². The molecule has 0 aromatic heterocycles. The number of thioether (sulfide) groups is 1. The maximum Gasteiger partial charge on any atom is 0.283 e. The van der Waals surface area contributed by atoms with Gasteiger partial charge in [-0.2, -0.15) is 0 Å². The van der Waals surface area contributed by atoms with Crippen LogP contribution in [0.5, 0.6) is 0 Å². The summed E-state index contributed by atoms with van der Waals surface area (Å²) >= 11 is 1.07. The van der Waals surface area contributed by atoms with Gasteiger partial charge in [-0.15, -0.1) is 11.8 Å². The van der Waals surface area contributed by atoms with E-state index in [0.29, 0.717) is 56.3 Å². The Morgan fingerprint density at radius 2 is 1.70 bits per heavy atom. The molecule has 0 unspecified atom stereocenters. The van der Waals surface area contributed by atoms with Crippen LogP contribution < -0.4 is 27.0 Å². The second-order valence-corrected chi connectivity index (χ2v) is 15.6. The number of nitrogens with zero attached hydrogens (tertiary/aromatic N) is 1. The summed E-state index contributed by atoms with van der Waals surface area (Å²) in [6.07, 6.45) is 9.91. The van der Waals surface area contributed by atoms with Gasteiger partial charge in [0.2, 0.25) is 23.6 Å². The van der Waals surface area contributed by atoms with Gasteiger partial charge in [0.05, 0.1) is 9.82 Å². The Morgan fingerprint density at radius 1 is 1.02 bits per heavy atom. The lowest BCUT2D eigenvalue weighted by Gasteiger charge is -2.56. The normalized spacial score (nSPS) is 32.2. The number of nitrogens with two attached hydrogens (primary N) is 1. The summed E-state index contributed by atoms with van der Waals surface area (Å²) in [5.74, 6) is -0.377. The highest BCUT2D eigenvalue weighted by Gasteiger charge is 2.51. The molecule has 1 aromatic rings. The number of amides is 5. The van der Waals surface area contributed by atoms with Crippen LogP contribution >= 0.6 is 11.8 Å². The Labute approximate surface area is 277 Å². The second-order valence-electron chi connectivity index (χ2n) is 14.6. The van der Waals surface area contributed by atoms with Crippen molar-refractivity contribution in [2.24, 2.45) is 28.9 Å². The van der Waals surface area contributed by atoms with Gasteiger partial charge in [-0.3, -0.25) is 34.1 Å². The van der Waals surface area contributed by atoms with Gasteiger partial charge in [0, 0.05) is 30.3 Å². The summed E-state index contributed by atoms with van der Waals surface area (Å²) in [7, 11) is 0. The molecule has 1 aromatic carbocycles. The molecule has 2 heterocycles. The fourth-order valence-corrected chi connectivity index (χ4v) is 10.0. The maximum atomic E-state index is 13.5. The van der Waals surface area contributed by atoms with Crippen LogP contribution in [0.15, 0.2) is 23.1 Å². The number of carbonyl (C=O) groups excluding carboxylic acids is 5. The maximum absolute atomic E-state index is 13.5. The predicted molar refractivity (Wildman–Crippen MR) is 173 cm³/mol. The lowest BCUT2D eigenvalue weighted by atomic mass is 9.49. The molecule has 0 radical (unpaired) electrons. The second kappa shape index (κ2) is 13.4. The number of rotatable bonds is 5. The Kier molecular flexibility index (Phi) is 9.50. The summed E-state index contributed by atoms with van der Waals surface area (Å²) in [5, 5.41) is 23.4. The third-order valence-electron chi connectivity index (χ3n) is 11.0. The van der Waals surface area contributed by atoms with E-state index in [4.69, 9.17) is 5.73 Å². The number of benzene rings is 1. The molecule has 6 bridgehead atoms. The molecule has 2 aliphatic heterocycles. The van der Waals surface area contributed by atoms with E-state index in [0.717, 1.165) is 37.1 Å². The monoisotopic (exact) mass is 668 g/mol. The smallest absolute Gasteiger partial charge is 0.283 e. The molecule has 5 aliphatic carbocycles. The highest BCUT2D eigenvalue weighted by Crippen LogP contribution is 2.61. The molecule has 0 saturated heterocycles. The van der Waals surface area contributed by atoms with E-state index in [1.807, 2.05) is 0 Å². The zero-order chi connectivity index (χ0) is 33.3. The van der Waals surface area contributed by atoms with Gasteiger partial charge in [0.1, 0.15) is 17.6 Å². The van der Waals surface area contributed by atoms with E-state index in [9.17, 15) is 34.1 Å². The molecule has 7 aliphatic rings. The van der Waals surface area contributed by atoms with E-state index < -0.39 is 46.2 Å². The van der Waals surface area contributed by atoms with E-state index >= 15 is 0 Å². The summed E-state index contributed by atoms with van der Waals surface area (Å²) in [4.78, 5) is 77.5. The molecule has 14 heteroatoms. The molecule has 5 fully saturated rings. The first-order chi connectivity index (χ1) is 22.4. The molecule has 6 N–H and O–H groups in total. The molecule has 2 atom stereocenters. The van der Waals surface area contributed by atoms with Crippen molar-refractivity contribution in [1.29, 1.82) is 0 Å². The van der Waals surface area contributed by atoms with Crippen LogP contribution in [-0.2, 0) is 19.2 Å². The molecular formula is C33H44N6O7S. The minimum absolute atomic E-state index is 0.00246. The van der Waals surface area contributed by atoms with Gasteiger partial charge in [0.15, 0.2) is 0 Å². The molecule has 1 spiro atoms. The van der Waals surface area contributed by atoms with Crippen molar-refractivity contribution in [2.75, 3.05) is 12.3 Å². The van der Waals surface area contributed by atoms with Gasteiger partial charge in [-0.1, -0.05) is 0 Å². The van der Waals surface area contributed by atoms with Crippen molar-refractivity contribution >= 4 is 47.0 Å². The number of hydrogen-bond acceptors (Lipinski definition) is 8. The van der Waals surface area contributed by atoms with E-state index in [-0.39, 0.29) is 46.2 Å². The summed E-state index contributed by atoms with van der Waals surface area (Å²) in [6, 6.07) is 2.14. The van der Waals surface area contributed by atoms with Crippen molar-refractivity contribution in [3.05, 3.63) is 33.9 Å². The van der Waals surface area contributed by atoms with Crippen LogP contribution in [0.25, 0.3) is 0 Å². The predicted octanol–water partition coefficient (Wildman–Crippen LogP) is 2.70. The minimum atomic E-state index is -1.24. The minimum Gasteiger partial charge on any atom is -0.368 e. The SMILES string of the molecule is NC(=O)[C@H]1CCCCNC(=O)[C@H](NC(=O)CC23CC4CC(CC(C4)C2)C3)CSc2ccc(cc2[N+](=O)[O-])C(=O)NC2(CCC2)C(=O)N1. The average molecular weight is 669 g/mol. The van der Waals surface area contributed by atoms with Gasteiger partial charge in [-0.05, 0) is 112 Å². The highest BCUT2D eigenvalue weighted by atomic mass is 32.2. The number of fused-ring (bicyclic) bond motifs is 14. The fraction of sp³-hybridized carbons (Fsp3) is 0.667. The Hall–Kier alpha value is -3.68. The van der Waals surface area contributed by atoms with E-state index in [1.165, 1.54) is 31.4 Å². The van der Waals surface area contributed by atoms with Crippen molar-refractivity contribution in [2.45, 2.75) is 106 Å². The highest BCUT2D eigenvalue weighted by molar-refractivity contribution is 7.99. The first-order valence-corrected chi connectivity index (χ1v) is 17.8. The van der Waals surface area contributed by atoms with Crippen molar-refractivity contribution in [1.82, 2.24) is 21.3 Å². The lowest BCUT2D eigenvalue weighted by molar-refractivity contribution is -0.387. The first kappa shape index (κ1) is 33.2. The molecule has 254 valence electrons. The number of nitro groups is 1. The number of nitro benzene ring substituents is 1. The quantitative estimate of drug-likeness (QED) is 0.233. The van der Waals surface area contributed by atoms with Gasteiger partial charge in [0.25, 0.3) is 11.6 Å². The summed E-state index contributed by atoms with van der Waals surface area (Å²) in [6.45, 7) is 0.263. The van der Waals surface area contributed by atoms with Crippen molar-refractivity contribution < 1.29 is 28.9 Å². The topological polar surface area (TPSA) is 203 Å².